The van der Waals surface area contributed by atoms with Crippen molar-refractivity contribution in [2.24, 2.45) is 0 Å². The van der Waals surface area contributed by atoms with Crippen LogP contribution in [0.3, 0.4) is 0 Å². The predicted octanol–water partition coefficient (Wildman–Crippen LogP) is 2.56. The van der Waals surface area contributed by atoms with Gasteiger partial charge >= 0.3 is 0 Å². The molecule has 0 unspecified atom stereocenters. The molecule has 0 amide bonds. The van der Waals surface area contributed by atoms with Crippen molar-refractivity contribution in [2.45, 2.75) is 6.92 Å². The van der Waals surface area contributed by atoms with Gasteiger partial charge in [-0.2, -0.15) is 0 Å². The van der Waals surface area contributed by atoms with Crippen LogP contribution in [-0.4, -0.2) is 40.4 Å². The van der Waals surface area contributed by atoms with Crippen LogP contribution < -0.4 is 5.32 Å². The molecule has 23 heavy (non-hydrogen) atoms. The van der Waals surface area contributed by atoms with Gasteiger partial charge in [-0.3, -0.25) is 4.98 Å². The summed E-state index contributed by atoms with van der Waals surface area (Å²) in [6, 6.07) is 5.66. The van der Waals surface area contributed by atoms with Crippen molar-refractivity contribution in [1.29, 1.82) is 0 Å². The second kappa shape index (κ2) is 6.97. The average Bonchev–Trinajstić information content (AvgIpc) is 3.02. The molecule has 0 aliphatic heterocycles. The minimum atomic E-state index is 0.536. The van der Waals surface area contributed by atoms with Crippen LogP contribution in [0.5, 0.6) is 0 Å². The highest BCUT2D eigenvalue weighted by molar-refractivity contribution is 5.78. The van der Waals surface area contributed by atoms with Crippen LogP contribution >= 0.6 is 0 Å². The number of rotatable bonds is 6. The van der Waals surface area contributed by atoms with Crippen LogP contribution in [0.2, 0.25) is 0 Å². The van der Waals surface area contributed by atoms with Gasteiger partial charge in [-0.05, 0) is 19.1 Å². The summed E-state index contributed by atoms with van der Waals surface area (Å²) in [6.45, 7) is 3.09. The molecule has 0 saturated carbocycles. The Kier molecular flexibility index (Phi) is 4.58. The minimum Gasteiger partial charge on any atom is -0.383 e. The van der Waals surface area contributed by atoms with Crippen LogP contribution in [-0.2, 0) is 4.74 Å². The van der Waals surface area contributed by atoms with Crippen molar-refractivity contribution < 1.29 is 9.26 Å². The first-order valence-corrected chi connectivity index (χ1v) is 7.22. The third kappa shape index (κ3) is 3.51. The van der Waals surface area contributed by atoms with E-state index in [0.717, 1.165) is 22.5 Å². The zero-order chi connectivity index (χ0) is 16.1. The summed E-state index contributed by atoms with van der Waals surface area (Å²) in [5, 5.41) is 7.07. The SMILES string of the molecule is COCCNc1ncc(-c2cc(C)no2)c(-c2ccncc2)n1. The van der Waals surface area contributed by atoms with E-state index in [-0.39, 0.29) is 0 Å². The first kappa shape index (κ1) is 15.1. The van der Waals surface area contributed by atoms with Crippen molar-refractivity contribution in [2.75, 3.05) is 25.6 Å². The van der Waals surface area contributed by atoms with Gasteiger partial charge < -0.3 is 14.6 Å². The maximum absolute atomic E-state index is 5.36. The highest BCUT2D eigenvalue weighted by Crippen LogP contribution is 2.30. The topological polar surface area (TPSA) is 86.0 Å². The van der Waals surface area contributed by atoms with Crippen molar-refractivity contribution in [3.63, 3.8) is 0 Å². The van der Waals surface area contributed by atoms with Crippen LogP contribution in [0.1, 0.15) is 5.69 Å². The largest absolute Gasteiger partial charge is 0.383 e. The Balaban J connectivity index is 2.01. The van der Waals surface area contributed by atoms with Gasteiger partial charge in [-0.25, -0.2) is 9.97 Å². The van der Waals surface area contributed by atoms with Crippen LogP contribution in [0.4, 0.5) is 5.95 Å². The quantitative estimate of drug-likeness (QED) is 0.700. The molecule has 3 rings (SSSR count). The van der Waals surface area contributed by atoms with E-state index < -0.39 is 0 Å². The van der Waals surface area contributed by atoms with E-state index in [1.807, 2.05) is 25.1 Å². The molecule has 0 aromatic carbocycles. The zero-order valence-electron chi connectivity index (χ0n) is 13.0. The molecule has 0 atom stereocenters. The first-order valence-electron chi connectivity index (χ1n) is 7.22. The fourth-order valence-electron chi connectivity index (χ4n) is 2.13. The Hall–Kier alpha value is -2.80. The summed E-state index contributed by atoms with van der Waals surface area (Å²) in [5.41, 5.74) is 3.29. The average molecular weight is 311 g/mol. The molecule has 3 heterocycles. The molecule has 7 nitrogen and oxygen atoms in total. The van der Waals surface area contributed by atoms with Gasteiger partial charge in [-0.1, -0.05) is 5.16 Å². The summed E-state index contributed by atoms with van der Waals surface area (Å²) < 4.78 is 10.4. The smallest absolute Gasteiger partial charge is 0.223 e. The number of nitrogens with one attached hydrogen (secondary N) is 1. The normalized spacial score (nSPS) is 10.7. The number of ether oxygens (including phenoxy) is 1. The first-order chi connectivity index (χ1) is 11.3. The van der Waals surface area contributed by atoms with Crippen molar-refractivity contribution >= 4 is 5.95 Å². The highest BCUT2D eigenvalue weighted by atomic mass is 16.5. The minimum absolute atomic E-state index is 0.536. The van der Waals surface area contributed by atoms with E-state index in [4.69, 9.17) is 9.26 Å². The van der Waals surface area contributed by atoms with E-state index in [9.17, 15) is 0 Å². The maximum atomic E-state index is 5.36. The van der Waals surface area contributed by atoms with Crippen molar-refractivity contribution in [3.05, 3.63) is 42.5 Å². The van der Waals surface area contributed by atoms with Crippen LogP contribution in [0, 0.1) is 6.92 Å². The second-order valence-electron chi connectivity index (χ2n) is 4.94. The summed E-state index contributed by atoms with van der Waals surface area (Å²) in [5.74, 6) is 1.17. The predicted molar refractivity (Wildman–Crippen MR) is 85.9 cm³/mol. The lowest BCUT2D eigenvalue weighted by Crippen LogP contribution is -2.10. The number of hydrogen-bond acceptors (Lipinski definition) is 7. The number of anilines is 1. The second-order valence-corrected chi connectivity index (χ2v) is 4.94. The number of aryl methyl sites for hydroxylation is 1. The van der Waals surface area contributed by atoms with Gasteiger partial charge in [0.25, 0.3) is 0 Å². The van der Waals surface area contributed by atoms with Crippen molar-refractivity contribution in [3.8, 4) is 22.6 Å². The summed E-state index contributed by atoms with van der Waals surface area (Å²) >= 11 is 0. The summed E-state index contributed by atoms with van der Waals surface area (Å²) in [6.07, 6.45) is 5.19. The molecule has 0 spiro atoms. The Labute approximate surface area is 133 Å². The lowest BCUT2D eigenvalue weighted by molar-refractivity contribution is 0.210. The number of methoxy groups -OCH3 is 1. The van der Waals surface area contributed by atoms with Gasteiger partial charge in [0.2, 0.25) is 5.95 Å². The van der Waals surface area contributed by atoms with Gasteiger partial charge in [-0.15, -0.1) is 0 Å². The fraction of sp³-hybridized carbons (Fsp3) is 0.250. The summed E-state index contributed by atoms with van der Waals surface area (Å²) in [4.78, 5) is 13.0. The molecule has 0 aliphatic carbocycles. The van der Waals surface area contributed by atoms with E-state index in [1.54, 1.807) is 25.7 Å². The van der Waals surface area contributed by atoms with E-state index >= 15 is 0 Å². The Bertz CT molecular complexity index is 773. The van der Waals surface area contributed by atoms with E-state index in [0.29, 0.717) is 24.9 Å². The molecule has 0 saturated heterocycles. The van der Waals surface area contributed by atoms with E-state index in [2.05, 4.69) is 25.4 Å². The number of pyridine rings is 1. The fourth-order valence-corrected chi connectivity index (χ4v) is 2.13. The molecule has 0 aliphatic rings. The van der Waals surface area contributed by atoms with E-state index in [1.165, 1.54) is 0 Å². The molecular weight excluding hydrogens is 294 g/mol. The third-order valence-electron chi connectivity index (χ3n) is 3.23. The highest BCUT2D eigenvalue weighted by Gasteiger charge is 2.15. The lowest BCUT2D eigenvalue weighted by Gasteiger charge is -2.09. The van der Waals surface area contributed by atoms with Gasteiger partial charge in [0, 0.05) is 43.9 Å². The van der Waals surface area contributed by atoms with Crippen LogP contribution in [0.15, 0.2) is 41.3 Å². The molecule has 1 N–H and O–H groups in total. The molecule has 0 bridgehead atoms. The lowest BCUT2D eigenvalue weighted by atomic mass is 10.1. The van der Waals surface area contributed by atoms with Crippen LogP contribution in [0.25, 0.3) is 22.6 Å². The molecule has 3 aromatic rings. The summed E-state index contributed by atoms with van der Waals surface area (Å²) in [7, 11) is 1.65. The van der Waals surface area contributed by atoms with Gasteiger partial charge in [0.05, 0.1) is 23.6 Å². The Morgan fingerprint density at radius 2 is 2.09 bits per heavy atom. The maximum Gasteiger partial charge on any atom is 0.223 e. The molecule has 0 fully saturated rings. The number of hydrogen-bond donors (Lipinski definition) is 1. The third-order valence-corrected chi connectivity index (χ3v) is 3.23. The molecule has 7 heteroatoms. The number of aromatic nitrogens is 4. The standard InChI is InChI=1S/C16H17N5O2/c1-11-9-14(23-21-11)13-10-19-16(18-7-8-22-2)20-15(13)12-3-5-17-6-4-12/h3-6,9-10H,7-8H2,1-2H3,(H,18,19,20). The molecular formula is C16H17N5O2. The molecule has 3 aromatic heterocycles. The monoisotopic (exact) mass is 311 g/mol. The Morgan fingerprint density at radius 1 is 1.26 bits per heavy atom. The zero-order valence-corrected chi connectivity index (χ0v) is 13.0. The van der Waals surface area contributed by atoms with Gasteiger partial charge in [0.1, 0.15) is 0 Å². The molecule has 118 valence electrons. The number of nitrogens with zero attached hydrogens (tertiary/aromatic N) is 4. The molecule has 0 radical (unpaired) electrons. The van der Waals surface area contributed by atoms with Crippen molar-refractivity contribution in [1.82, 2.24) is 20.1 Å². The Morgan fingerprint density at radius 3 is 2.78 bits per heavy atom. The van der Waals surface area contributed by atoms with Gasteiger partial charge in [0.15, 0.2) is 5.76 Å².